The maximum Gasteiger partial charge on any atom is 0.0374 e. The molecule has 0 aliphatic carbocycles. The molecule has 0 radical (unpaired) electrons. The number of anilines is 1. The van der Waals surface area contributed by atoms with Crippen LogP contribution in [0.2, 0.25) is 0 Å². The molecule has 1 heterocycles. The predicted octanol–water partition coefficient (Wildman–Crippen LogP) is 3.78. The molecule has 1 N–H and O–H groups in total. The third-order valence-corrected chi connectivity index (χ3v) is 4.48. The molecule has 2 rings (SSSR count). The van der Waals surface area contributed by atoms with E-state index in [9.17, 15) is 0 Å². The minimum Gasteiger partial charge on any atom is -0.382 e. The number of piperidine rings is 1. The highest BCUT2D eigenvalue weighted by atomic mass is 15.1. The highest BCUT2D eigenvalue weighted by molar-refractivity contribution is 5.51. The van der Waals surface area contributed by atoms with Gasteiger partial charge in [-0.15, -0.1) is 0 Å². The number of rotatable bonds is 5. The molecule has 19 heavy (non-hydrogen) atoms. The van der Waals surface area contributed by atoms with E-state index in [-0.39, 0.29) is 0 Å². The molecule has 1 aliphatic heterocycles. The second kappa shape index (κ2) is 6.95. The number of aryl methyl sites for hydroxylation is 1. The van der Waals surface area contributed by atoms with Crippen molar-refractivity contribution in [2.45, 2.75) is 46.1 Å². The Morgan fingerprint density at radius 1 is 1.32 bits per heavy atom. The molecule has 0 spiro atoms. The van der Waals surface area contributed by atoms with Crippen LogP contribution in [0.25, 0.3) is 0 Å². The fourth-order valence-corrected chi connectivity index (χ4v) is 3.12. The van der Waals surface area contributed by atoms with Crippen LogP contribution in [0.5, 0.6) is 0 Å². The van der Waals surface area contributed by atoms with Crippen molar-refractivity contribution in [2.24, 2.45) is 5.92 Å². The quantitative estimate of drug-likeness (QED) is 0.866. The fraction of sp³-hybridized carbons (Fsp3) is 0.647. The van der Waals surface area contributed by atoms with E-state index >= 15 is 0 Å². The minimum atomic E-state index is 0.557. The number of likely N-dealkylation sites (tertiary alicyclic amines) is 1. The number of hydrogen-bond donors (Lipinski definition) is 1. The smallest absolute Gasteiger partial charge is 0.0374 e. The summed E-state index contributed by atoms with van der Waals surface area (Å²) in [6, 6.07) is 9.27. The molecule has 1 saturated heterocycles. The van der Waals surface area contributed by atoms with E-state index in [4.69, 9.17) is 0 Å². The minimum absolute atomic E-state index is 0.557. The van der Waals surface area contributed by atoms with Crippen LogP contribution < -0.4 is 5.32 Å². The molecule has 2 unspecified atom stereocenters. The summed E-state index contributed by atoms with van der Waals surface area (Å²) >= 11 is 0. The Balaban J connectivity index is 1.98. The van der Waals surface area contributed by atoms with Gasteiger partial charge in [-0.2, -0.15) is 0 Å². The zero-order valence-corrected chi connectivity index (χ0v) is 12.7. The van der Waals surface area contributed by atoms with Gasteiger partial charge in [0.25, 0.3) is 0 Å². The summed E-state index contributed by atoms with van der Waals surface area (Å²) in [6.07, 6.45) is 3.81. The van der Waals surface area contributed by atoms with Crippen LogP contribution in [0.4, 0.5) is 5.69 Å². The lowest BCUT2D eigenvalue weighted by atomic mass is 9.91. The van der Waals surface area contributed by atoms with Crippen molar-refractivity contribution >= 4 is 5.69 Å². The maximum atomic E-state index is 3.75. The van der Waals surface area contributed by atoms with Crippen molar-refractivity contribution in [3.05, 3.63) is 29.8 Å². The Kier molecular flexibility index (Phi) is 5.26. The molecule has 1 aromatic rings. The molecule has 1 aliphatic rings. The van der Waals surface area contributed by atoms with E-state index in [1.54, 1.807) is 0 Å². The molecular formula is C17H28N2. The second-order valence-electron chi connectivity index (χ2n) is 5.74. The van der Waals surface area contributed by atoms with Crippen LogP contribution in [0, 0.1) is 5.92 Å². The molecule has 1 aromatic carbocycles. The van der Waals surface area contributed by atoms with Gasteiger partial charge in [0.05, 0.1) is 0 Å². The summed E-state index contributed by atoms with van der Waals surface area (Å²) in [6.45, 7) is 10.6. The fourth-order valence-electron chi connectivity index (χ4n) is 3.12. The normalized spacial score (nSPS) is 22.2. The number of para-hydroxylation sites is 1. The Morgan fingerprint density at radius 2 is 2.11 bits per heavy atom. The number of benzene rings is 1. The highest BCUT2D eigenvalue weighted by Crippen LogP contribution is 2.24. The monoisotopic (exact) mass is 260 g/mol. The highest BCUT2D eigenvalue weighted by Gasteiger charge is 2.23. The van der Waals surface area contributed by atoms with Gasteiger partial charge in [-0.25, -0.2) is 0 Å². The predicted molar refractivity (Wildman–Crippen MR) is 83.7 cm³/mol. The average molecular weight is 260 g/mol. The van der Waals surface area contributed by atoms with Crippen molar-refractivity contribution < 1.29 is 0 Å². The SMILES string of the molecule is CCc1ccccc1NC(C)C1CCCN(CC)C1. The zero-order chi connectivity index (χ0) is 13.7. The van der Waals surface area contributed by atoms with E-state index in [1.165, 1.54) is 43.7 Å². The van der Waals surface area contributed by atoms with Gasteiger partial charge in [0, 0.05) is 18.3 Å². The van der Waals surface area contributed by atoms with E-state index < -0.39 is 0 Å². The first-order chi connectivity index (χ1) is 9.24. The van der Waals surface area contributed by atoms with Crippen molar-refractivity contribution in [3.8, 4) is 0 Å². The largest absolute Gasteiger partial charge is 0.382 e. The Bertz CT molecular complexity index is 389. The topological polar surface area (TPSA) is 15.3 Å². The van der Waals surface area contributed by atoms with E-state index in [2.05, 4.69) is 55.3 Å². The van der Waals surface area contributed by atoms with Crippen molar-refractivity contribution in [3.63, 3.8) is 0 Å². The van der Waals surface area contributed by atoms with Crippen LogP contribution in [0.1, 0.15) is 39.2 Å². The lowest BCUT2D eigenvalue weighted by molar-refractivity contribution is 0.172. The molecule has 2 nitrogen and oxygen atoms in total. The van der Waals surface area contributed by atoms with Crippen LogP contribution in [0.15, 0.2) is 24.3 Å². The van der Waals surface area contributed by atoms with Crippen molar-refractivity contribution in [1.82, 2.24) is 4.90 Å². The van der Waals surface area contributed by atoms with Crippen LogP contribution >= 0.6 is 0 Å². The summed E-state index contributed by atoms with van der Waals surface area (Å²) in [5.41, 5.74) is 2.75. The molecule has 2 heteroatoms. The molecule has 0 saturated carbocycles. The summed E-state index contributed by atoms with van der Waals surface area (Å²) < 4.78 is 0. The average Bonchev–Trinajstić information content (AvgIpc) is 2.47. The molecule has 0 aromatic heterocycles. The number of nitrogens with one attached hydrogen (secondary N) is 1. The third kappa shape index (κ3) is 3.73. The summed E-state index contributed by atoms with van der Waals surface area (Å²) in [5, 5.41) is 3.75. The molecule has 106 valence electrons. The lowest BCUT2D eigenvalue weighted by Gasteiger charge is -2.36. The number of hydrogen-bond acceptors (Lipinski definition) is 2. The Hall–Kier alpha value is -1.02. The second-order valence-corrected chi connectivity index (χ2v) is 5.74. The molecule has 2 atom stereocenters. The van der Waals surface area contributed by atoms with E-state index in [1.807, 2.05) is 0 Å². The van der Waals surface area contributed by atoms with E-state index in [0.717, 1.165) is 12.3 Å². The van der Waals surface area contributed by atoms with Crippen LogP contribution in [-0.2, 0) is 6.42 Å². The van der Waals surface area contributed by atoms with Crippen LogP contribution in [0.3, 0.4) is 0 Å². The van der Waals surface area contributed by atoms with Crippen molar-refractivity contribution in [1.29, 1.82) is 0 Å². The van der Waals surface area contributed by atoms with Gasteiger partial charge < -0.3 is 10.2 Å². The van der Waals surface area contributed by atoms with Gasteiger partial charge in [0.15, 0.2) is 0 Å². The summed E-state index contributed by atoms with van der Waals surface area (Å²) in [7, 11) is 0. The van der Waals surface area contributed by atoms with Gasteiger partial charge in [-0.3, -0.25) is 0 Å². The van der Waals surface area contributed by atoms with Crippen molar-refractivity contribution in [2.75, 3.05) is 25.0 Å². The Labute approximate surface area is 118 Å². The molecule has 0 bridgehead atoms. The first-order valence-electron chi connectivity index (χ1n) is 7.81. The van der Waals surface area contributed by atoms with Gasteiger partial charge in [-0.1, -0.05) is 32.0 Å². The first kappa shape index (κ1) is 14.4. The third-order valence-electron chi connectivity index (χ3n) is 4.48. The molecule has 0 amide bonds. The number of nitrogens with zero attached hydrogens (tertiary/aromatic N) is 1. The first-order valence-corrected chi connectivity index (χ1v) is 7.81. The summed E-state index contributed by atoms with van der Waals surface area (Å²) in [5.74, 6) is 0.776. The van der Waals surface area contributed by atoms with Gasteiger partial charge in [-0.05, 0) is 56.8 Å². The zero-order valence-electron chi connectivity index (χ0n) is 12.7. The maximum absolute atomic E-state index is 3.75. The van der Waals surface area contributed by atoms with Gasteiger partial charge in [0.2, 0.25) is 0 Å². The Morgan fingerprint density at radius 3 is 2.84 bits per heavy atom. The lowest BCUT2D eigenvalue weighted by Crippen LogP contribution is -2.41. The standard InChI is InChI=1S/C17H28N2/c1-4-15-9-6-7-11-17(15)18-14(3)16-10-8-12-19(5-2)13-16/h6-7,9,11,14,16,18H,4-5,8,10,12-13H2,1-3H3. The molecule has 1 fully saturated rings. The van der Waals surface area contributed by atoms with Gasteiger partial charge >= 0.3 is 0 Å². The van der Waals surface area contributed by atoms with Crippen LogP contribution in [-0.4, -0.2) is 30.6 Å². The summed E-state index contributed by atoms with van der Waals surface area (Å²) in [4.78, 5) is 2.58. The molecular weight excluding hydrogens is 232 g/mol. The van der Waals surface area contributed by atoms with E-state index in [0.29, 0.717) is 6.04 Å². The van der Waals surface area contributed by atoms with Gasteiger partial charge in [0.1, 0.15) is 0 Å².